The summed E-state index contributed by atoms with van der Waals surface area (Å²) in [4.78, 5) is 8.85. The van der Waals surface area contributed by atoms with Crippen molar-refractivity contribution in [2.24, 2.45) is 0 Å². The lowest BCUT2D eigenvalue weighted by Crippen LogP contribution is -2.05. The van der Waals surface area contributed by atoms with Crippen molar-refractivity contribution in [3.05, 3.63) is 65.4 Å². The summed E-state index contributed by atoms with van der Waals surface area (Å²) >= 11 is 0. The zero-order valence-electron chi connectivity index (χ0n) is 14.1. The quantitative estimate of drug-likeness (QED) is 0.607. The number of benzene rings is 1. The minimum Gasteiger partial charge on any atom is -0.470 e. The highest BCUT2D eigenvalue weighted by atomic mass is 19.1. The number of rotatable bonds is 4. The molecule has 3 aromatic heterocycles. The van der Waals surface area contributed by atoms with Gasteiger partial charge in [0.05, 0.1) is 28.8 Å². The number of hydrogen-bond donors (Lipinski definition) is 1. The number of ether oxygens (including phenoxy) is 1. The van der Waals surface area contributed by atoms with Crippen molar-refractivity contribution in [2.45, 2.75) is 20.5 Å². The van der Waals surface area contributed by atoms with Gasteiger partial charge < -0.3 is 4.74 Å². The van der Waals surface area contributed by atoms with Crippen LogP contribution in [-0.2, 0) is 6.61 Å². The van der Waals surface area contributed by atoms with Crippen LogP contribution in [-0.4, -0.2) is 24.6 Å². The summed E-state index contributed by atoms with van der Waals surface area (Å²) in [6, 6.07) is 3.70. The summed E-state index contributed by atoms with van der Waals surface area (Å²) in [5, 5.41) is 6.75. The van der Waals surface area contributed by atoms with Gasteiger partial charge >= 0.3 is 0 Å². The highest BCUT2D eigenvalue weighted by molar-refractivity contribution is 5.68. The fourth-order valence-corrected chi connectivity index (χ4v) is 2.88. The molecule has 4 aromatic rings. The molecule has 132 valence electrons. The van der Waals surface area contributed by atoms with E-state index in [2.05, 4.69) is 20.2 Å². The van der Waals surface area contributed by atoms with Gasteiger partial charge in [0.2, 0.25) is 5.65 Å². The van der Waals surface area contributed by atoms with Crippen LogP contribution in [0.2, 0.25) is 0 Å². The number of halogens is 2. The van der Waals surface area contributed by atoms with Gasteiger partial charge in [-0.2, -0.15) is 5.10 Å². The molecule has 0 saturated heterocycles. The molecule has 4 rings (SSSR count). The number of aryl methyl sites for hydroxylation is 2. The van der Waals surface area contributed by atoms with Crippen LogP contribution in [0.5, 0.6) is 5.88 Å². The summed E-state index contributed by atoms with van der Waals surface area (Å²) in [5.41, 5.74) is 3.49. The van der Waals surface area contributed by atoms with E-state index < -0.39 is 11.6 Å². The minimum atomic E-state index is -0.660. The predicted molar refractivity (Wildman–Crippen MR) is 90.7 cm³/mol. The second-order valence-electron chi connectivity index (χ2n) is 5.90. The largest absolute Gasteiger partial charge is 0.470 e. The summed E-state index contributed by atoms with van der Waals surface area (Å²) in [6.45, 7) is 3.40. The van der Waals surface area contributed by atoms with E-state index in [4.69, 9.17) is 4.74 Å². The highest BCUT2D eigenvalue weighted by Gasteiger charge is 2.18. The first-order chi connectivity index (χ1) is 12.5. The van der Waals surface area contributed by atoms with Crippen molar-refractivity contribution < 1.29 is 13.5 Å². The molecule has 3 heterocycles. The minimum absolute atomic E-state index is 0.146. The Balaban J connectivity index is 1.78. The number of fused-ring (bicyclic) bond motifs is 1. The normalized spacial score (nSPS) is 11.2. The Kier molecular flexibility index (Phi) is 3.87. The van der Waals surface area contributed by atoms with Crippen molar-refractivity contribution in [1.82, 2.24) is 24.6 Å². The molecule has 1 N–H and O–H groups in total. The van der Waals surface area contributed by atoms with E-state index >= 15 is 0 Å². The van der Waals surface area contributed by atoms with Gasteiger partial charge in [-0.05, 0) is 26.0 Å². The molecule has 8 heteroatoms. The summed E-state index contributed by atoms with van der Waals surface area (Å²) < 4.78 is 35.1. The van der Waals surface area contributed by atoms with Crippen LogP contribution in [0.4, 0.5) is 8.78 Å². The first kappa shape index (κ1) is 16.2. The molecule has 0 saturated carbocycles. The van der Waals surface area contributed by atoms with Crippen LogP contribution < -0.4 is 4.74 Å². The molecule has 6 nitrogen and oxygen atoms in total. The van der Waals surface area contributed by atoms with Crippen LogP contribution in [0.1, 0.15) is 17.0 Å². The van der Waals surface area contributed by atoms with Crippen molar-refractivity contribution in [3.63, 3.8) is 0 Å². The highest BCUT2D eigenvalue weighted by Crippen LogP contribution is 2.28. The van der Waals surface area contributed by atoms with E-state index in [1.807, 2.05) is 24.4 Å². The van der Waals surface area contributed by atoms with E-state index in [1.165, 1.54) is 18.2 Å². The first-order valence-corrected chi connectivity index (χ1v) is 7.95. The van der Waals surface area contributed by atoms with E-state index in [0.29, 0.717) is 11.3 Å². The summed E-state index contributed by atoms with van der Waals surface area (Å²) in [7, 11) is 0. The lowest BCUT2D eigenvalue weighted by atomic mass is 10.2. The second kappa shape index (κ2) is 6.21. The van der Waals surface area contributed by atoms with E-state index in [1.54, 1.807) is 12.4 Å². The van der Waals surface area contributed by atoms with Crippen LogP contribution in [0.15, 0.2) is 36.8 Å². The molecule has 0 aliphatic heterocycles. The fraction of sp³-hybridized carbons (Fsp3) is 0.167. The van der Waals surface area contributed by atoms with E-state index in [0.717, 1.165) is 17.0 Å². The Morgan fingerprint density at radius 1 is 1.15 bits per heavy atom. The van der Waals surface area contributed by atoms with E-state index in [-0.39, 0.29) is 18.1 Å². The Morgan fingerprint density at radius 2 is 1.92 bits per heavy atom. The lowest BCUT2D eigenvalue weighted by molar-refractivity contribution is 0.282. The van der Waals surface area contributed by atoms with Gasteiger partial charge in [0.1, 0.15) is 18.2 Å². The summed E-state index contributed by atoms with van der Waals surface area (Å²) in [5.74, 6) is -1.11. The molecular weight excluding hydrogens is 340 g/mol. The third-order valence-corrected chi connectivity index (χ3v) is 4.06. The monoisotopic (exact) mass is 355 g/mol. The molecule has 0 unspecified atom stereocenters. The molecular formula is C18H15F2N5O. The fourth-order valence-electron chi connectivity index (χ4n) is 2.88. The number of nitrogens with zero attached hydrogens (tertiary/aromatic N) is 4. The Bertz CT molecular complexity index is 1070. The first-order valence-electron chi connectivity index (χ1n) is 7.95. The maximum atomic E-state index is 13.8. The van der Waals surface area contributed by atoms with Gasteiger partial charge in [0, 0.05) is 18.0 Å². The summed E-state index contributed by atoms with van der Waals surface area (Å²) in [6.07, 6.45) is 5.29. The molecule has 0 bridgehead atoms. The van der Waals surface area contributed by atoms with Crippen LogP contribution in [0.25, 0.3) is 16.9 Å². The molecule has 0 fully saturated rings. The van der Waals surface area contributed by atoms with Gasteiger partial charge in [-0.3, -0.25) is 9.50 Å². The van der Waals surface area contributed by atoms with Crippen molar-refractivity contribution in [1.29, 1.82) is 0 Å². The predicted octanol–water partition coefficient (Wildman–Crippen LogP) is 3.59. The Morgan fingerprint density at radius 3 is 2.62 bits per heavy atom. The molecule has 1 aromatic carbocycles. The zero-order chi connectivity index (χ0) is 18.3. The van der Waals surface area contributed by atoms with Crippen LogP contribution in [0, 0.1) is 25.5 Å². The van der Waals surface area contributed by atoms with Crippen molar-refractivity contribution >= 4 is 5.65 Å². The molecule has 0 aliphatic rings. The second-order valence-corrected chi connectivity index (χ2v) is 5.90. The topological polar surface area (TPSA) is 68.1 Å². The third kappa shape index (κ3) is 2.69. The average Bonchev–Trinajstić information content (AvgIpc) is 3.21. The average molecular weight is 355 g/mol. The molecule has 0 atom stereocenters. The van der Waals surface area contributed by atoms with Gasteiger partial charge in [-0.1, -0.05) is 6.07 Å². The maximum absolute atomic E-state index is 13.8. The molecule has 26 heavy (non-hydrogen) atoms. The molecule has 0 aliphatic carbocycles. The number of imidazole rings is 1. The number of aromatic nitrogens is 5. The third-order valence-electron chi connectivity index (χ3n) is 4.06. The van der Waals surface area contributed by atoms with E-state index in [9.17, 15) is 8.78 Å². The smallest absolute Gasteiger partial charge is 0.258 e. The molecule has 0 spiro atoms. The SMILES string of the molecule is Cc1cn2c(-c3cn[nH]c3)c(C)nc2c(OCc2c(F)cccc2F)n1. The van der Waals surface area contributed by atoms with Gasteiger partial charge in [-0.15, -0.1) is 0 Å². The zero-order valence-corrected chi connectivity index (χ0v) is 14.1. The van der Waals surface area contributed by atoms with Crippen molar-refractivity contribution in [3.8, 4) is 17.1 Å². The number of hydrogen-bond acceptors (Lipinski definition) is 4. The Hall–Kier alpha value is -3.29. The molecule has 0 radical (unpaired) electrons. The number of aromatic amines is 1. The standard InChI is InChI=1S/C18H15F2N5O/c1-10-8-25-16(12-6-21-22-7-12)11(2)24-17(25)18(23-10)26-9-13-14(19)4-3-5-15(13)20/h3-8H,9H2,1-2H3,(H,21,22). The lowest BCUT2D eigenvalue weighted by Gasteiger charge is -2.10. The Labute approximate surface area is 147 Å². The number of H-pyrrole nitrogens is 1. The maximum Gasteiger partial charge on any atom is 0.258 e. The molecule has 0 amide bonds. The van der Waals surface area contributed by atoms with Crippen LogP contribution in [0.3, 0.4) is 0 Å². The number of nitrogens with one attached hydrogen (secondary N) is 1. The van der Waals surface area contributed by atoms with Gasteiger partial charge in [0.15, 0.2) is 0 Å². The van der Waals surface area contributed by atoms with Crippen LogP contribution >= 0.6 is 0 Å². The van der Waals surface area contributed by atoms with Crippen molar-refractivity contribution in [2.75, 3.05) is 0 Å². The van der Waals surface area contributed by atoms with Gasteiger partial charge in [-0.25, -0.2) is 18.7 Å². The van der Waals surface area contributed by atoms with Gasteiger partial charge in [0.25, 0.3) is 5.88 Å².